The summed E-state index contributed by atoms with van der Waals surface area (Å²) >= 11 is 0. The molecule has 6 rings (SSSR count). The Kier molecular flexibility index (Phi) is 7.79. The minimum atomic E-state index is -0.579. The van der Waals surface area contributed by atoms with E-state index in [1.165, 1.54) is 21.3 Å². The Balaban J connectivity index is 1.50. The normalized spacial score (nSPS) is 22.6. The lowest BCUT2D eigenvalue weighted by atomic mass is 9.73. The lowest BCUT2D eigenvalue weighted by molar-refractivity contribution is -0.0473. The molecule has 2 aromatic carbocycles. The summed E-state index contributed by atoms with van der Waals surface area (Å²) in [5.41, 5.74) is 2.17. The van der Waals surface area contributed by atoms with Crippen molar-refractivity contribution >= 4 is 22.7 Å². The second-order valence-electron chi connectivity index (χ2n) is 9.89. The maximum atomic E-state index is 13.5. The van der Waals surface area contributed by atoms with Crippen molar-refractivity contribution in [3.05, 3.63) is 60.8 Å². The highest BCUT2D eigenvalue weighted by atomic mass is 16.6. The molecule has 9 heteroatoms. The van der Waals surface area contributed by atoms with Gasteiger partial charge in [-0.15, -0.1) is 6.58 Å². The molecule has 5 atom stereocenters. The van der Waals surface area contributed by atoms with E-state index in [9.17, 15) is 4.79 Å². The van der Waals surface area contributed by atoms with Gasteiger partial charge in [-0.1, -0.05) is 6.08 Å². The summed E-state index contributed by atoms with van der Waals surface area (Å²) in [4.78, 5) is 20.4. The Morgan fingerprint density at radius 2 is 1.85 bits per heavy atom. The number of nitrogens with one attached hydrogen (secondary N) is 1. The second kappa shape index (κ2) is 11.4. The Labute approximate surface area is 228 Å². The Hall–Kier alpha value is -3.98. The van der Waals surface area contributed by atoms with Gasteiger partial charge in [-0.25, -0.2) is 4.79 Å². The number of methoxy groups -OCH3 is 4. The number of ether oxygens (including phenoxy) is 5. The van der Waals surface area contributed by atoms with E-state index in [1.807, 2.05) is 24.3 Å². The number of rotatable bonds is 9. The number of aromatic nitrogens is 1. The van der Waals surface area contributed by atoms with Crippen LogP contribution in [0.15, 0.2) is 55.3 Å². The largest absolute Gasteiger partial charge is 0.497 e. The highest BCUT2D eigenvalue weighted by Gasteiger charge is 2.44. The van der Waals surface area contributed by atoms with Crippen LogP contribution in [-0.2, 0) is 4.74 Å². The number of piperidine rings is 3. The molecule has 0 aliphatic carbocycles. The fourth-order valence-electron chi connectivity index (χ4n) is 5.98. The SMILES string of the molecule is C=C[C@H]1CN2CCC1C[C@H]2[C@H](OC(=O)Nc1cc(OC)c(OC)c(OC)c1)c1ccnc2ccc(OC)cc12. The monoisotopic (exact) mass is 533 g/mol. The van der Waals surface area contributed by atoms with Crippen LogP contribution in [0.2, 0.25) is 0 Å². The summed E-state index contributed by atoms with van der Waals surface area (Å²) in [6.45, 7) is 5.91. The first-order chi connectivity index (χ1) is 19.0. The van der Waals surface area contributed by atoms with Crippen molar-refractivity contribution in [3.63, 3.8) is 0 Å². The van der Waals surface area contributed by atoms with E-state index >= 15 is 0 Å². The third-order valence-electron chi connectivity index (χ3n) is 7.94. The Morgan fingerprint density at radius 1 is 1.08 bits per heavy atom. The topological polar surface area (TPSA) is 91.4 Å². The third-order valence-corrected chi connectivity index (χ3v) is 7.94. The van der Waals surface area contributed by atoms with E-state index in [-0.39, 0.29) is 6.04 Å². The molecule has 3 saturated heterocycles. The summed E-state index contributed by atoms with van der Waals surface area (Å²) in [5.74, 6) is 2.97. The quantitative estimate of drug-likeness (QED) is 0.363. The molecule has 1 aromatic heterocycles. The number of nitrogens with zero attached hydrogens (tertiary/aromatic N) is 2. The van der Waals surface area contributed by atoms with Gasteiger partial charge in [0.1, 0.15) is 11.9 Å². The van der Waals surface area contributed by atoms with Gasteiger partial charge in [0.15, 0.2) is 11.5 Å². The van der Waals surface area contributed by atoms with Crippen molar-refractivity contribution in [1.29, 1.82) is 0 Å². The average Bonchev–Trinajstić information content (AvgIpc) is 2.98. The number of carbonyl (C=O) groups excluding carboxylic acids is 1. The number of hydrogen-bond donors (Lipinski definition) is 1. The molecule has 2 unspecified atom stereocenters. The van der Waals surface area contributed by atoms with E-state index in [4.69, 9.17) is 23.7 Å². The predicted molar refractivity (Wildman–Crippen MR) is 149 cm³/mol. The fraction of sp³-hybridized carbons (Fsp3) is 0.400. The standard InChI is InChI=1S/C30H35N3O6/c1-6-18-17-33-12-10-19(18)13-25(33)28(22-9-11-31-24-8-7-21(35-2)16-23(22)24)39-30(34)32-20-14-26(36-3)29(38-5)27(15-20)37-4/h6-9,11,14-16,18-19,25,28H,1,10,12-13,17H2,2-5H3,(H,32,34)/t18-,19?,25-,28+/m0/s1. The van der Waals surface area contributed by atoms with Crippen LogP contribution < -0.4 is 24.3 Å². The predicted octanol–water partition coefficient (Wildman–Crippen LogP) is 5.46. The number of hydrogen-bond acceptors (Lipinski definition) is 8. The number of fused-ring (bicyclic) bond motifs is 4. The molecule has 0 radical (unpaired) electrons. The average molecular weight is 534 g/mol. The zero-order chi connectivity index (χ0) is 27.5. The summed E-state index contributed by atoms with van der Waals surface area (Å²) in [6, 6.07) is 11.1. The van der Waals surface area contributed by atoms with Crippen molar-refractivity contribution in [2.24, 2.45) is 11.8 Å². The molecule has 206 valence electrons. The van der Waals surface area contributed by atoms with E-state index in [1.54, 1.807) is 25.4 Å². The van der Waals surface area contributed by atoms with Crippen LogP contribution in [0.1, 0.15) is 24.5 Å². The van der Waals surface area contributed by atoms with Crippen LogP contribution in [0.3, 0.4) is 0 Å². The fourth-order valence-corrected chi connectivity index (χ4v) is 5.98. The molecule has 3 fully saturated rings. The van der Waals surface area contributed by atoms with E-state index in [0.29, 0.717) is 34.8 Å². The van der Waals surface area contributed by atoms with E-state index in [2.05, 4.69) is 27.9 Å². The highest BCUT2D eigenvalue weighted by Crippen LogP contribution is 2.44. The van der Waals surface area contributed by atoms with E-state index in [0.717, 1.165) is 48.1 Å². The minimum Gasteiger partial charge on any atom is -0.497 e. The second-order valence-corrected chi connectivity index (χ2v) is 9.89. The molecule has 3 aromatic rings. The molecule has 2 bridgehead atoms. The first-order valence-electron chi connectivity index (χ1n) is 13.1. The van der Waals surface area contributed by atoms with E-state index < -0.39 is 12.2 Å². The van der Waals surface area contributed by atoms with Gasteiger partial charge >= 0.3 is 6.09 Å². The zero-order valence-corrected chi connectivity index (χ0v) is 22.8. The van der Waals surface area contributed by atoms with Crippen LogP contribution in [0, 0.1) is 11.8 Å². The summed E-state index contributed by atoms with van der Waals surface area (Å²) < 4.78 is 28.1. The molecule has 4 heterocycles. The number of pyridine rings is 1. The molecular formula is C30H35N3O6. The van der Waals surface area contributed by atoms with Crippen molar-refractivity contribution in [1.82, 2.24) is 9.88 Å². The summed E-state index contributed by atoms with van der Waals surface area (Å²) in [5, 5.41) is 3.76. The van der Waals surface area contributed by atoms with Gasteiger partial charge < -0.3 is 23.7 Å². The number of anilines is 1. The molecular weight excluding hydrogens is 498 g/mol. The van der Waals surface area contributed by atoms with Crippen LogP contribution in [0.25, 0.3) is 10.9 Å². The van der Waals surface area contributed by atoms with Crippen LogP contribution in [0.4, 0.5) is 10.5 Å². The first kappa shape index (κ1) is 26.6. The van der Waals surface area contributed by atoms with Crippen molar-refractivity contribution in [2.75, 3.05) is 46.8 Å². The number of amides is 1. The molecule has 0 saturated carbocycles. The van der Waals surface area contributed by atoms with Crippen LogP contribution in [0.5, 0.6) is 23.0 Å². The van der Waals surface area contributed by atoms with Crippen molar-refractivity contribution in [2.45, 2.75) is 25.0 Å². The molecule has 0 spiro atoms. The molecule has 9 nitrogen and oxygen atoms in total. The van der Waals surface area contributed by atoms with Crippen LogP contribution >= 0.6 is 0 Å². The van der Waals surface area contributed by atoms with Crippen LogP contribution in [-0.4, -0.2) is 63.5 Å². The number of benzene rings is 2. The zero-order valence-electron chi connectivity index (χ0n) is 22.8. The van der Waals surface area contributed by atoms with Gasteiger partial charge in [0.05, 0.1) is 45.7 Å². The summed E-state index contributed by atoms with van der Waals surface area (Å²) in [7, 11) is 6.23. The van der Waals surface area contributed by atoms with Crippen molar-refractivity contribution in [3.8, 4) is 23.0 Å². The molecule has 1 N–H and O–H groups in total. The number of carbonyl (C=O) groups is 1. The Bertz CT molecular complexity index is 1340. The molecule has 1 amide bonds. The van der Waals surface area contributed by atoms with Gasteiger partial charge in [0.2, 0.25) is 5.75 Å². The molecule has 39 heavy (non-hydrogen) atoms. The third kappa shape index (κ3) is 5.18. The van der Waals surface area contributed by atoms with Crippen molar-refractivity contribution < 1.29 is 28.5 Å². The lowest BCUT2D eigenvalue weighted by Crippen LogP contribution is -2.55. The summed E-state index contributed by atoms with van der Waals surface area (Å²) in [6.07, 6.45) is 4.74. The minimum absolute atomic E-state index is 0.0161. The molecule has 3 aliphatic rings. The molecule has 3 aliphatic heterocycles. The van der Waals surface area contributed by atoms with Gasteiger partial charge in [0.25, 0.3) is 0 Å². The maximum Gasteiger partial charge on any atom is 0.412 e. The smallest absolute Gasteiger partial charge is 0.412 e. The van der Waals surface area contributed by atoms with Gasteiger partial charge in [-0.2, -0.15) is 0 Å². The highest BCUT2D eigenvalue weighted by molar-refractivity contribution is 5.87. The van der Waals surface area contributed by atoms with Gasteiger partial charge in [-0.3, -0.25) is 15.2 Å². The maximum absolute atomic E-state index is 13.5. The first-order valence-corrected chi connectivity index (χ1v) is 13.1. The van der Waals surface area contributed by atoms with Gasteiger partial charge in [-0.05, 0) is 55.5 Å². The lowest BCUT2D eigenvalue weighted by Gasteiger charge is -2.51. The van der Waals surface area contributed by atoms with Gasteiger partial charge in [0, 0.05) is 35.8 Å². The Morgan fingerprint density at radius 3 is 2.46 bits per heavy atom.